The Balaban J connectivity index is 1.87. The van der Waals surface area contributed by atoms with Crippen molar-refractivity contribution in [3.63, 3.8) is 0 Å². The van der Waals surface area contributed by atoms with Gasteiger partial charge in [-0.3, -0.25) is 14.4 Å². The van der Waals surface area contributed by atoms with Crippen molar-refractivity contribution in [1.29, 1.82) is 0 Å². The molecular formula is C28H33N3O4. The number of hydrogen-bond acceptors (Lipinski definition) is 4. The molecule has 1 aromatic heterocycles. The zero-order valence-corrected chi connectivity index (χ0v) is 20.6. The molecule has 0 saturated carbocycles. The van der Waals surface area contributed by atoms with Crippen LogP contribution in [-0.2, 0) is 13.0 Å². The zero-order chi connectivity index (χ0) is 25.4. The number of nitrogens with zero attached hydrogens (tertiary/aromatic N) is 2. The van der Waals surface area contributed by atoms with Crippen LogP contribution in [0.25, 0.3) is 0 Å². The summed E-state index contributed by atoms with van der Waals surface area (Å²) in [5.74, 6) is -0.370. The molecule has 2 N–H and O–H groups in total. The van der Waals surface area contributed by atoms with Crippen molar-refractivity contribution < 1.29 is 19.1 Å². The third-order valence-corrected chi connectivity index (χ3v) is 6.12. The Hall–Kier alpha value is -3.87. The van der Waals surface area contributed by atoms with E-state index in [0.717, 1.165) is 18.4 Å². The molecule has 3 rings (SSSR count). The largest absolute Gasteiger partial charge is 0.497 e. The van der Waals surface area contributed by atoms with Crippen molar-refractivity contribution in [2.75, 3.05) is 20.2 Å². The Labute approximate surface area is 206 Å². The fourth-order valence-corrected chi connectivity index (χ4v) is 4.07. The highest BCUT2D eigenvalue weighted by Gasteiger charge is 2.24. The number of ether oxygens (including phenoxy) is 1. The first-order valence-corrected chi connectivity index (χ1v) is 11.9. The first-order valence-electron chi connectivity index (χ1n) is 11.9. The normalized spacial score (nSPS) is 10.7. The molecule has 2 amide bonds. The molecular weight excluding hydrogens is 442 g/mol. The number of hydrogen-bond donors (Lipinski definition) is 1. The topological polar surface area (TPSA) is 94.6 Å². The minimum Gasteiger partial charge on any atom is -0.497 e. The average molecular weight is 476 g/mol. The number of primary amides is 1. The number of rotatable bonds is 12. The summed E-state index contributed by atoms with van der Waals surface area (Å²) < 4.78 is 7.02. The number of unbranched alkanes of at least 4 members (excludes halogenated alkanes) is 1. The van der Waals surface area contributed by atoms with E-state index in [1.807, 2.05) is 41.8 Å². The van der Waals surface area contributed by atoms with Gasteiger partial charge in [0.25, 0.3) is 11.8 Å². The van der Waals surface area contributed by atoms with Crippen molar-refractivity contribution in [1.82, 2.24) is 9.47 Å². The molecule has 184 valence electrons. The Morgan fingerprint density at radius 1 is 1.03 bits per heavy atom. The molecule has 0 aliphatic carbocycles. The molecule has 0 bridgehead atoms. The highest BCUT2D eigenvalue weighted by molar-refractivity contribution is 6.04. The van der Waals surface area contributed by atoms with Crippen LogP contribution in [0.15, 0.2) is 60.7 Å². The van der Waals surface area contributed by atoms with Gasteiger partial charge in [0.1, 0.15) is 5.75 Å². The van der Waals surface area contributed by atoms with Crippen LogP contribution in [0.3, 0.4) is 0 Å². The molecule has 0 unspecified atom stereocenters. The molecule has 7 nitrogen and oxygen atoms in total. The van der Waals surface area contributed by atoms with Gasteiger partial charge in [-0.25, -0.2) is 0 Å². The number of nitrogens with two attached hydrogens (primary N) is 1. The van der Waals surface area contributed by atoms with Gasteiger partial charge in [-0.2, -0.15) is 0 Å². The van der Waals surface area contributed by atoms with E-state index in [4.69, 9.17) is 10.5 Å². The van der Waals surface area contributed by atoms with Gasteiger partial charge in [-0.05, 0) is 55.7 Å². The molecule has 35 heavy (non-hydrogen) atoms. The maximum atomic E-state index is 13.5. The fraction of sp³-hybridized carbons (Fsp3) is 0.321. The highest BCUT2D eigenvalue weighted by Crippen LogP contribution is 2.19. The molecule has 0 spiro atoms. The molecule has 0 fully saturated rings. The predicted molar refractivity (Wildman–Crippen MR) is 136 cm³/mol. The van der Waals surface area contributed by atoms with E-state index in [1.165, 1.54) is 0 Å². The summed E-state index contributed by atoms with van der Waals surface area (Å²) in [7, 11) is 1.57. The third kappa shape index (κ3) is 6.38. The lowest BCUT2D eigenvalue weighted by atomic mass is 10.1. The van der Waals surface area contributed by atoms with Gasteiger partial charge in [0.15, 0.2) is 5.78 Å². The van der Waals surface area contributed by atoms with Gasteiger partial charge in [0.05, 0.1) is 24.9 Å². The quantitative estimate of drug-likeness (QED) is 0.396. The minimum absolute atomic E-state index is 0.0855. The maximum absolute atomic E-state index is 13.5. The summed E-state index contributed by atoms with van der Waals surface area (Å²) in [6, 6.07) is 18.3. The van der Waals surface area contributed by atoms with Gasteiger partial charge < -0.3 is 19.9 Å². The summed E-state index contributed by atoms with van der Waals surface area (Å²) in [6.07, 6.45) is 2.36. The van der Waals surface area contributed by atoms with Crippen molar-refractivity contribution in [2.24, 2.45) is 5.73 Å². The summed E-state index contributed by atoms with van der Waals surface area (Å²) in [6.45, 7) is 4.72. The molecule has 0 atom stereocenters. The lowest BCUT2D eigenvalue weighted by molar-refractivity contribution is 0.0704. The average Bonchev–Trinajstić information content (AvgIpc) is 3.21. The molecule has 1 heterocycles. The summed E-state index contributed by atoms with van der Waals surface area (Å²) in [5, 5.41) is 0. The molecule has 0 saturated heterocycles. The molecule has 0 radical (unpaired) electrons. The number of amides is 2. The predicted octanol–water partition coefficient (Wildman–Crippen LogP) is 4.27. The number of carbonyl (C=O) groups is 3. The number of aryl methyl sites for hydroxylation is 1. The van der Waals surface area contributed by atoms with Crippen molar-refractivity contribution in [2.45, 2.75) is 39.7 Å². The van der Waals surface area contributed by atoms with Crippen LogP contribution in [-0.4, -0.2) is 47.3 Å². The first-order chi connectivity index (χ1) is 16.8. The smallest absolute Gasteiger partial charge is 0.254 e. The summed E-state index contributed by atoms with van der Waals surface area (Å²) in [4.78, 5) is 40.3. The number of carbonyl (C=O) groups excluding carboxylic acids is 3. The van der Waals surface area contributed by atoms with Gasteiger partial charge in [0.2, 0.25) is 0 Å². The maximum Gasteiger partial charge on any atom is 0.254 e. The Bertz CT molecular complexity index is 1170. The van der Waals surface area contributed by atoms with Crippen LogP contribution in [0, 0.1) is 6.92 Å². The lowest BCUT2D eigenvalue weighted by Crippen LogP contribution is -2.37. The summed E-state index contributed by atoms with van der Waals surface area (Å²) in [5.41, 5.74) is 8.55. The number of benzene rings is 2. The van der Waals surface area contributed by atoms with Crippen molar-refractivity contribution in [3.8, 4) is 5.75 Å². The Morgan fingerprint density at radius 3 is 2.31 bits per heavy atom. The number of ketones is 1. The third-order valence-electron chi connectivity index (χ3n) is 6.12. The van der Waals surface area contributed by atoms with Gasteiger partial charge in [-0.1, -0.05) is 43.7 Å². The minimum atomic E-state index is -0.577. The van der Waals surface area contributed by atoms with E-state index >= 15 is 0 Å². The van der Waals surface area contributed by atoms with Crippen LogP contribution in [0.4, 0.5) is 0 Å². The Morgan fingerprint density at radius 2 is 1.71 bits per heavy atom. The SMILES string of the molecule is CCCCN(CC(=O)c1cc(C(N)=O)c(C)n1CCc1ccccc1)C(=O)c1ccc(OC)cc1. The summed E-state index contributed by atoms with van der Waals surface area (Å²) >= 11 is 0. The van der Waals surface area contributed by atoms with Crippen LogP contribution in [0.1, 0.15) is 62.2 Å². The van der Waals surface area contributed by atoms with Gasteiger partial charge >= 0.3 is 0 Å². The van der Waals surface area contributed by atoms with Gasteiger partial charge in [-0.15, -0.1) is 0 Å². The number of methoxy groups -OCH3 is 1. The van der Waals surface area contributed by atoms with Crippen molar-refractivity contribution >= 4 is 17.6 Å². The van der Waals surface area contributed by atoms with E-state index in [9.17, 15) is 14.4 Å². The molecule has 7 heteroatoms. The highest BCUT2D eigenvalue weighted by atomic mass is 16.5. The molecule has 0 aliphatic rings. The number of Topliss-reactive ketones (excluding diaryl/α,β-unsaturated/α-hetero) is 1. The van der Waals surface area contributed by atoms with E-state index < -0.39 is 5.91 Å². The first kappa shape index (κ1) is 25.7. The van der Waals surface area contributed by atoms with E-state index in [2.05, 4.69) is 0 Å². The fourth-order valence-electron chi connectivity index (χ4n) is 4.07. The standard InChI is InChI=1S/C28H33N3O4/c1-4-5-16-30(28(34)22-11-13-23(35-3)14-12-22)19-26(32)25-18-24(27(29)33)20(2)31(25)17-15-21-9-7-6-8-10-21/h6-14,18H,4-5,15-17,19H2,1-3H3,(H2,29,33). The van der Waals surface area contributed by atoms with Crippen LogP contribution in [0.5, 0.6) is 5.75 Å². The van der Waals surface area contributed by atoms with E-state index in [1.54, 1.807) is 49.3 Å². The van der Waals surface area contributed by atoms with Gasteiger partial charge in [0, 0.05) is 24.3 Å². The monoisotopic (exact) mass is 475 g/mol. The van der Waals surface area contributed by atoms with E-state index in [-0.39, 0.29) is 18.2 Å². The lowest BCUT2D eigenvalue weighted by Gasteiger charge is -2.22. The van der Waals surface area contributed by atoms with E-state index in [0.29, 0.717) is 47.8 Å². The second-order valence-electron chi connectivity index (χ2n) is 8.51. The zero-order valence-electron chi connectivity index (χ0n) is 20.6. The van der Waals surface area contributed by atoms with Crippen LogP contribution >= 0.6 is 0 Å². The molecule has 3 aromatic rings. The molecule has 0 aliphatic heterocycles. The molecule has 2 aromatic carbocycles. The van der Waals surface area contributed by atoms with Crippen LogP contribution in [0.2, 0.25) is 0 Å². The van der Waals surface area contributed by atoms with Crippen LogP contribution < -0.4 is 10.5 Å². The van der Waals surface area contributed by atoms with Crippen molar-refractivity contribution in [3.05, 3.63) is 88.7 Å². The second kappa shape index (κ2) is 12.0. The second-order valence-corrected chi connectivity index (χ2v) is 8.51. The number of aromatic nitrogens is 1. The Kier molecular flexibility index (Phi) is 8.84.